The molecule has 0 aliphatic heterocycles. The summed E-state index contributed by atoms with van der Waals surface area (Å²) in [5.41, 5.74) is 1.91. The molecule has 0 N–H and O–H groups in total. The van der Waals surface area contributed by atoms with Gasteiger partial charge in [0, 0.05) is 0 Å². The van der Waals surface area contributed by atoms with E-state index in [9.17, 15) is 5.26 Å². The molecule has 0 saturated heterocycles. The SMILES string of the molecule is COc1ccc(C(C#N)O[Si](C)(C)C)cc1C. The van der Waals surface area contributed by atoms with Crippen molar-refractivity contribution < 1.29 is 9.16 Å². The maximum absolute atomic E-state index is 9.18. The summed E-state index contributed by atoms with van der Waals surface area (Å²) in [6.07, 6.45) is -0.480. The van der Waals surface area contributed by atoms with Gasteiger partial charge in [0.05, 0.1) is 13.2 Å². The molecule has 4 heteroatoms. The van der Waals surface area contributed by atoms with Gasteiger partial charge in [-0.2, -0.15) is 5.26 Å². The van der Waals surface area contributed by atoms with Crippen molar-refractivity contribution in [3.05, 3.63) is 29.3 Å². The highest BCUT2D eigenvalue weighted by molar-refractivity contribution is 6.69. The average Bonchev–Trinajstić information content (AvgIpc) is 2.24. The van der Waals surface area contributed by atoms with E-state index in [1.807, 2.05) is 25.1 Å². The predicted octanol–water partition coefficient (Wildman–Crippen LogP) is 3.42. The Hall–Kier alpha value is -1.31. The van der Waals surface area contributed by atoms with E-state index in [0.717, 1.165) is 16.9 Å². The summed E-state index contributed by atoms with van der Waals surface area (Å²) in [6, 6.07) is 7.93. The Balaban J connectivity index is 2.98. The average molecular weight is 249 g/mol. The van der Waals surface area contributed by atoms with Gasteiger partial charge in [-0.15, -0.1) is 0 Å². The molecule has 0 bridgehead atoms. The number of nitriles is 1. The molecule has 1 aromatic carbocycles. The number of rotatable bonds is 4. The number of nitrogens with zero attached hydrogens (tertiary/aromatic N) is 1. The second kappa shape index (κ2) is 5.35. The summed E-state index contributed by atoms with van der Waals surface area (Å²) in [4.78, 5) is 0. The fraction of sp³-hybridized carbons (Fsp3) is 0.462. The molecule has 0 saturated carbocycles. The van der Waals surface area contributed by atoms with Gasteiger partial charge in [-0.05, 0) is 49.8 Å². The van der Waals surface area contributed by atoms with Crippen LogP contribution < -0.4 is 4.74 Å². The van der Waals surface area contributed by atoms with E-state index in [1.165, 1.54) is 0 Å². The number of aryl methyl sites for hydroxylation is 1. The second-order valence-electron chi connectivity index (χ2n) is 4.97. The molecule has 0 spiro atoms. The summed E-state index contributed by atoms with van der Waals surface area (Å²) >= 11 is 0. The van der Waals surface area contributed by atoms with Crippen molar-refractivity contribution in [1.82, 2.24) is 0 Å². The molecule has 1 atom stereocenters. The Morgan fingerprint density at radius 3 is 2.35 bits per heavy atom. The van der Waals surface area contributed by atoms with E-state index >= 15 is 0 Å². The lowest BCUT2D eigenvalue weighted by atomic mass is 10.1. The number of benzene rings is 1. The maximum Gasteiger partial charge on any atom is 0.186 e. The zero-order valence-electron chi connectivity index (χ0n) is 11.1. The van der Waals surface area contributed by atoms with Gasteiger partial charge >= 0.3 is 0 Å². The van der Waals surface area contributed by atoms with Gasteiger partial charge in [-0.25, -0.2) is 0 Å². The van der Waals surface area contributed by atoms with Crippen LogP contribution in [0.3, 0.4) is 0 Å². The number of hydrogen-bond acceptors (Lipinski definition) is 3. The molecule has 1 rings (SSSR count). The van der Waals surface area contributed by atoms with Crippen LogP contribution in [-0.2, 0) is 4.43 Å². The lowest BCUT2D eigenvalue weighted by molar-refractivity contribution is 0.255. The standard InChI is InChI=1S/C13H19NO2Si/c1-10-8-11(6-7-12(10)15-2)13(9-14)16-17(3,4)5/h6-8,13H,1-5H3. The molecule has 0 aliphatic rings. The molecule has 1 aromatic rings. The Kier molecular flexibility index (Phi) is 4.32. The molecular weight excluding hydrogens is 230 g/mol. The Labute approximate surface area is 104 Å². The summed E-state index contributed by atoms with van der Waals surface area (Å²) < 4.78 is 11.0. The predicted molar refractivity (Wildman–Crippen MR) is 70.5 cm³/mol. The van der Waals surface area contributed by atoms with Crippen molar-refractivity contribution in [2.24, 2.45) is 0 Å². The van der Waals surface area contributed by atoms with Crippen LogP contribution in [0.15, 0.2) is 18.2 Å². The highest BCUT2D eigenvalue weighted by atomic mass is 28.4. The minimum absolute atomic E-state index is 0.480. The summed E-state index contributed by atoms with van der Waals surface area (Å²) in [6.45, 7) is 8.19. The van der Waals surface area contributed by atoms with Crippen molar-refractivity contribution in [2.45, 2.75) is 32.7 Å². The summed E-state index contributed by atoms with van der Waals surface area (Å²) in [7, 11) is -0.0759. The highest BCUT2D eigenvalue weighted by Crippen LogP contribution is 2.26. The topological polar surface area (TPSA) is 42.2 Å². The van der Waals surface area contributed by atoms with Crippen LogP contribution in [-0.4, -0.2) is 15.4 Å². The number of ether oxygens (including phenoxy) is 1. The van der Waals surface area contributed by atoms with E-state index in [4.69, 9.17) is 9.16 Å². The number of methoxy groups -OCH3 is 1. The zero-order valence-corrected chi connectivity index (χ0v) is 12.1. The number of hydrogen-bond donors (Lipinski definition) is 0. The van der Waals surface area contributed by atoms with Crippen LogP contribution in [0.5, 0.6) is 5.75 Å². The van der Waals surface area contributed by atoms with Crippen LogP contribution in [0, 0.1) is 18.3 Å². The molecule has 0 aliphatic carbocycles. The maximum atomic E-state index is 9.18. The Morgan fingerprint density at radius 2 is 1.94 bits per heavy atom. The second-order valence-corrected chi connectivity index (χ2v) is 9.43. The monoisotopic (exact) mass is 249 g/mol. The van der Waals surface area contributed by atoms with Crippen LogP contribution >= 0.6 is 0 Å². The third kappa shape index (κ3) is 3.88. The summed E-state index contributed by atoms with van der Waals surface area (Å²) in [5.74, 6) is 0.832. The lowest BCUT2D eigenvalue weighted by Gasteiger charge is -2.22. The molecule has 0 aromatic heterocycles. The van der Waals surface area contributed by atoms with E-state index in [2.05, 4.69) is 25.7 Å². The third-order valence-corrected chi connectivity index (χ3v) is 3.25. The fourth-order valence-corrected chi connectivity index (χ4v) is 2.48. The minimum Gasteiger partial charge on any atom is -0.496 e. The smallest absolute Gasteiger partial charge is 0.186 e. The van der Waals surface area contributed by atoms with Crippen LogP contribution in [0.2, 0.25) is 19.6 Å². The first-order chi connectivity index (χ1) is 7.87. The quantitative estimate of drug-likeness (QED) is 0.768. The van der Waals surface area contributed by atoms with Gasteiger partial charge < -0.3 is 9.16 Å². The highest BCUT2D eigenvalue weighted by Gasteiger charge is 2.22. The first kappa shape index (κ1) is 13.8. The van der Waals surface area contributed by atoms with E-state index in [-0.39, 0.29) is 0 Å². The molecular formula is C13H19NO2Si. The first-order valence-corrected chi connectivity index (χ1v) is 9.00. The van der Waals surface area contributed by atoms with E-state index < -0.39 is 14.4 Å². The van der Waals surface area contributed by atoms with E-state index in [1.54, 1.807) is 7.11 Å². The molecule has 3 nitrogen and oxygen atoms in total. The molecule has 92 valence electrons. The molecule has 0 fully saturated rings. The lowest BCUT2D eigenvalue weighted by Crippen LogP contribution is -2.27. The molecule has 1 unspecified atom stereocenters. The van der Waals surface area contributed by atoms with Crippen LogP contribution in [0.25, 0.3) is 0 Å². The molecule has 0 heterocycles. The van der Waals surface area contributed by atoms with Gasteiger partial charge in [0.2, 0.25) is 0 Å². The Morgan fingerprint density at radius 1 is 1.29 bits per heavy atom. The van der Waals surface area contributed by atoms with Crippen molar-refractivity contribution in [3.8, 4) is 11.8 Å². The van der Waals surface area contributed by atoms with Gasteiger partial charge in [-0.1, -0.05) is 6.07 Å². The molecule has 0 amide bonds. The van der Waals surface area contributed by atoms with Crippen molar-refractivity contribution in [2.75, 3.05) is 7.11 Å². The Bertz CT molecular complexity index is 432. The van der Waals surface area contributed by atoms with Crippen molar-refractivity contribution >= 4 is 8.32 Å². The first-order valence-electron chi connectivity index (χ1n) is 5.59. The largest absolute Gasteiger partial charge is 0.496 e. The van der Waals surface area contributed by atoms with Crippen LogP contribution in [0.4, 0.5) is 0 Å². The fourth-order valence-electron chi connectivity index (χ4n) is 1.59. The zero-order chi connectivity index (χ0) is 13.1. The van der Waals surface area contributed by atoms with E-state index in [0.29, 0.717) is 0 Å². The minimum atomic E-state index is -1.72. The van der Waals surface area contributed by atoms with Gasteiger partial charge in [-0.3, -0.25) is 0 Å². The van der Waals surface area contributed by atoms with Gasteiger partial charge in [0.1, 0.15) is 5.75 Å². The molecule has 0 radical (unpaired) electrons. The normalized spacial score (nSPS) is 12.9. The van der Waals surface area contributed by atoms with Crippen molar-refractivity contribution in [1.29, 1.82) is 5.26 Å². The van der Waals surface area contributed by atoms with Gasteiger partial charge in [0.25, 0.3) is 0 Å². The van der Waals surface area contributed by atoms with Crippen LogP contribution in [0.1, 0.15) is 17.2 Å². The third-order valence-electron chi connectivity index (χ3n) is 2.31. The molecule has 17 heavy (non-hydrogen) atoms. The van der Waals surface area contributed by atoms with Crippen molar-refractivity contribution in [3.63, 3.8) is 0 Å². The summed E-state index contributed by atoms with van der Waals surface area (Å²) in [5, 5.41) is 9.18. The van der Waals surface area contributed by atoms with Gasteiger partial charge in [0.15, 0.2) is 14.4 Å².